The lowest BCUT2D eigenvalue weighted by Gasteiger charge is -2.11. The highest BCUT2D eigenvalue weighted by atomic mass is 16.5. The van der Waals surface area contributed by atoms with Crippen LogP contribution in [0.5, 0.6) is 0 Å². The molecule has 0 aliphatic rings. The van der Waals surface area contributed by atoms with Crippen LogP contribution in [0.3, 0.4) is 0 Å². The largest absolute Gasteiger partial charge is 0.429 e. The van der Waals surface area contributed by atoms with Crippen LogP contribution in [0.4, 0.5) is 0 Å². The van der Waals surface area contributed by atoms with Gasteiger partial charge in [-0.2, -0.15) is 0 Å². The standard InChI is InChI=1S/C24H17N3O3/c28-23(17-7-3-1-4-8-17)27-22(16-30-24(29)18-9-5-2-6-10-18)19-11-12-20-21(15-19)26-14-13-25-20/h1-16H,(H,27,28)/b22-16+. The van der Waals surface area contributed by atoms with Crippen LogP contribution in [0, 0.1) is 0 Å². The van der Waals surface area contributed by atoms with Crippen molar-refractivity contribution in [2.75, 3.05) is 0 Å². The van der Waals surface area contributed by atoms with E-state index in [4.69, 9.17) is 4.74 Å². The van der Waals surface area contributed by atoms with Crippen LogP contribution in [0.2, 0.25) is 0 Å². The molecule has 0 saturated heterocycles. The Kier molecular flexibility index (Phi) is 5.57. The number of carbonyl (C=O) groups is 2. The van der Waals surface area contributed by atoms with Crippen LogP contribution in [0.15, 0.2) is 97.5 Å². The maximum Gasteiger partial charge on any atom is 0.343 e. The minimum Gasteiger partial charge on any atom is -0.429 e. The van der Waals surface area contributed by atoms with Gasteiger partial charge < -0.3 is 10.1 Å². The first kappa shape index (κ1) is 19.0. The summed E-state index contributed by atoms with van der Waals surface area (Å²) in [5, 5.41) is 2.82. The van der Waals surface area contributed by atoms with Gasteiger partial charge in [0.15, 0.2) is 0 Å². The molecule has 1 heterocycles. The molecule has 6 heteroatoms. The van der Waals surface area contributed by atoms with Gasteiger partial charge in [-0.25, -0.2) is 4.79 Å². The number of hydrogen-bond acceptors (Lipinski definition) is 5. The molecule has 0 aliphatic carbocycles. The molecule has 1 amide bonds. The summed E-state index contributed by atoms with van der Waals surface area (Å²) in [5.41, 5.74) is 3.24. The first-order valence-electron chi connectivity index (χ1n) is 9.24. The van der Waals surface area contributed by atoms with Crippen molar-refractivity contribution >= 4 is 28.6 Å². The fourth-order valence-corrected chi connectivity index (χ4v) is 2.84. The number of fused-ring (bicyclic) bond motifs is 1. The normalized spacial score (nSPS) is 11.1. The van der Waals surface area contributed by atoms with E-state index < -0.39 is 5.97 Å². The van der Waals surface area contributed by atoms with E-state index in [1.54, 1.807) is 79.1 Å². The number of hydrogen-bond donors (Lipinski definition) is 1. The van der Waals surface area contributed by atoms with Gasteiger partial charge in [0.25, 0.3) is 5.91 Å². The predicted octanol–water partition coefficient (Wildman–Crippen LogP) is 4.22. The van der Waals surface area contributed by atoms with E-state index in [1.807, 2.05) is 12.1 Å². The first-order chi connectivity index (χ1) is 14.7. The highest BCUT2D eigenvalue weighted by molar-refractivity contribution is 6.00. The minimum absolute atomic E-state index is 0.322. The van der Waals surface area contributed by atoms with E-state index in [-0.39, 0.29) is 5.91 Å². The molecule has 146 valence electrons. The molecular formula is C24H17N3O3. The number of carbonyl (C=O) groups excluding carboxylic acids is 2. The Morgan fingerprint density at radius 3 is 2.07 bits per heavy atom. The zero-order chi connectivity index (χ0) is 20.8. The van der Waals surface area contributed by atoms with Crippen molar-refractivity contribution in [2.24, 2.45) is 0 Å². The van der Waals surface area contributed by atoms with Crippen LogP contribution < -0.4 is 5.32 Å². The average molecular weight is 395 g/mol. The molecule has 0 unspecified atom stereocenters. The Balaban J connectivity index is 1.66. The molecule has 0 fully saturated rings. The number of benzene rings is 3. The van der Waals surface area contributed by atoms with Crippen LogP contribution in [0.1, 0.15) is 26.3 Å². The van der Waals surface area contributed by atoms with E-state index in [9.17, 15) is 9.59 Å². The number of rotatable bonds is 5. The fourth-order valence-electron chi connectivity index (χ4n) is 2.84. The maximum absolute atomic E-state index is 12.7. The highest BCUT2D eigenvalue weighted by Gasteiger charge is 2.13. The molecule has 0 aliphatic heterocycles. The summed E-state index contributed by atoms with van der Waals surface area (Å²) in [4.78, 5) is 33.6. The minimum atomic E-state index is -0.525. The molecule has 0 saturated carbocycles. The van der Waals surface area contributed by atoms with Gasteiger partial charge >= 0.3 is 5.97 Å². The lowest BCUT2D eigenvalue weighted by atomic mass is 10.1. The molecule has 1 aromatic heterocycles. The van der Waals surface area contributed by atoms with Crippen LogP contribution in [0.25, 0.3) is 16.7 Å². The van der Waals surface area contributed by atoms with Crippen molar-refractivity contribution in [3.8, 4) is 0 Å². The van der Waals surface area contributed by atoms with Gasteiger partial charge in [0.05, 0.1) is 22.3 Å². The van der Waals surface area contributed by atoms with E-state index in [0.29, 0.717) is 27.9 Å². The van der Waals surface area contributed by atoms with Gasteiger partial charge in [-0.05, 0) is 36.4 Å². The lowest BCUT2D eigenvalue weighted by molar-refractivity contribution is 0.0662. The van der Waals surface area contributed by atoms with Crippen molar-refractivity contribution in [1.29, 1.82) is 0 Å². The summed E-state index contributed by atoms with van der Waals surface area (Å²) < 4.78 is 5.34. The monoisotopic (exact) mass is 395 g/mol. The van der Waals surface area contributed by atoms with E-state index in [0.717, 1.165) is 5.52 Å². The zero-order valence-corrected chi connectivity index (χ0v) is 15.9. The Morgan fingerprint density at radius 1 is 0.733 bits per heavy atom. The fraction of sp³-hybridized carbons (Fsp3) is 0. The Labute approximate surface area is 172 Å². The third-order valence-electron chi connectivity index (χ3n) is 4.36. The summed E-state index contributed by atoms with van der Waals surface area (Å²) in [7, 11) is 0. The second-order valence-corrected chi connectivity index (χ2v) is 6.38. The average Bonchev–Trinajstić information content (AvgIpc) is 2.82. The van der Waals surface area contributed by atoms with E-state index in [1.165, 1.54) is 6.26 Å². The van der Waals surface area contributed by atoms with Crippen LogP contribution >= 0.6 is 0 Å². The summed E-state index contributed by atoms with van der Waals surface area (Å²) >= 11 is 0. The van der Waals surface area contributed by atoms with Crippen molar-refractivity contribution in [3.05, 3.63) is 114 Å². The predicted molar refractivity (Wildman–Crippen MR) is 113 cm³/mol. The third-order valence-corrected chi connectivity index (χ3v) is 4.36. The number of aromatic nitrogens is 2. The Morgan fingerprint density at radius 2 is 1.37 bits per heavy atom. The number of ether oxygens (including phenoxy) is 1. The molecule has 4 aromatic rings. The van der Waals surface area contributed by atoms with E-state index in [2.05, 4.69) is 15.3 Å². The smallest absolute Gasteiger partial charge is 0.343 e. The first-order valence-corrected chi connectivity index (χ1v) is 9.24. The third kappa shape index (κ3) is 4.39. The van der Waals surface area contributed by atoms with Gasteiger partial charge in [0, 0.05) is 23.5 Å². The van der Waals surface area contributed by atoms with Crippen molar-refractivity contribution < 1.29 is 14.3 Å². The molecule has 0 radical (unpaired) electrons. The van der Waals surface area contributed by atoms with Crippen LogP contribution in [-0.2, 0) is 4.74 Å². The quantitative estimate of drug-likeness (QED) is 0.404. The maximum atomic E-state index is 12.7. The van der Waals surface area contributed by atoms with Gasteiger partial charge in [-0.15, -0.1) is 0 Å². The molecule has 0 bridgehead atoms. The number of nitrogens with one attached hydrogen (secondary N) is 1. The molecule has 0 spiro atoms. The van der Waals surface area contributed by atoms with Gasteiger partial charge in [0.1, 0.15) is 6.26 Å². The molecule has 1 N–H and O–H groups in total. The Hall–Kier alpha value is -4.32. The molecule has 3 aromatic carbocycles. The van der Waals surface area contributed by atoms with Crippen molar-refractivity contribution in [1.82, 2.24) is 15.3 Å². The summed E-state index contributed by atoms with van der Waals surface area (Å²) in [6, 6.07) is 22.8. The summed E-state index contributed by atoms with van der Waals surface area (Å²) in [5.74, 6) is -0.848. The molecule has 6 nitrogen and oxygen atoms in total. The molecule has 30 heavy (non-hydrogen) atoms. The number of amides is 1. The zero-order valence-electron chi connectivity index (χ0n) is 15.9. The number of esters is 1. The van der Waals surface area contributed by atoms with Gasteiger partial charge in [0.2, 0.25) is 0 Å². The second-order valence-electron chi connectivity index (χ2n) is 6.38. The topological polar surface area (TPSA) is 81.2 Å². The van der Waals surface area contributed by atoms with Crippen molar-refractivity contribution in [2.45, 2.75) is 0 Å². The van der Waals surface area contributed by atoms with Crippen LogP contribution in [-0.4, -0.2) is 21.8 Å². The molecule has 4 rings (SSSR count). The van der Waals surface area contributed by atoms with E-state index >= 15 is 0 Å². The van der Waals surface area contributed by atoms with Gasteiger partial charge in [-0.1, -0.05) is 42.5 Å². The Bertz CT molecular complexity index is 1220. The summed E-state index contributed by atoms with van der Waals surface area (Å²) in [6.45, 7) is 0. The molecule has 0 atom stereocenters. The lowest BCUT2D eigenvalue weighted by Crippen LogP contribution is -2.22. The van der Waals surface area contributed by atoms with Crippen molar-refractivity contribution in [3.63, 3.8) is 0 Å². The summed E-state index contributed by atoms with van der Waals surface area (Å²) in [6.07, 6.45) is 4.44. The molecular weight excluding hydrogens is 378 g/mol. The highest BCUT2D eigenvalue weighted by Crippen LogP contribution is 2.18. The van der Waals surface area contributed by atoms with Gasteiger partial charge in [-0.3, -0.25) is 14.8 Å². The SMILES string of the molecule is O=C(N/C(=C/OC(=O)c1ccccc1)c1ccc2nccnc2c1)c1ccccc1. The second kappa shape index (κ2) is 8.79. The number of nitrogens with zero attached hydrogens (tertiary/aromatic N) is 2.